The van der Waals surface area contributed by atoms with E-state index in [0.29, 0.717) is 5.56 Å². The number of methoxy groups -OCH3 is 1. The molecule has 1 aromatic carbocycles. The third kappa shape index (κ3) is 4.51. The molecule has 0 amide bonds. The summed E-state index contributed by atoms with van der Waals surface area (Å²) in [5, 5.41) is 0. The SMILES string of the molecule is COc1ccc(C(=O)CN(C)CC2CCCCO2)cc1F. The Morgan fingerprint density at radius 1 is 1.48 bits per heavy atom. The van der Waals surface area contributed by atoms with Crippen LogP contribution in [0.25, 0.3) is 0 Å². The molecular formula is C16H22FNO3. The molecule has 21 heavy (non-hydrogen) atoms. The molecule has 1 saturated heterocycles. The number of hydrogen-bond acceptors (Lipinski definition) is 4. The van der Waals surface area contributed by atoms with Gasteiger partial charge < -0.3 is 9.47 Å². The van der Waals surface area contributed by atoms with Gasteiger partial charge in [-0.2, -0.15) is 0 Å². The summed E-state index contributed by atoms with van der Waals surface area (Å²) in [6, 6.07) is 4.30. The van der Waals surface area contributed by atoms with Crippen LogP contribution < -0.4 is 4.74 Å². The van der Waals surface area contributed by atoms with Gasteiger partial charge in [0.15, 0.2) is 17.3 Å². The minimum absolute atomic E-state index is 0.102. The van der Waals surface area contributed by atoms with Gasteiger partial charge in [0.05, 0.1) is 19.8 Å². The Hall–Kier alpha value is -1.46. The number of carbonyl (C=O) groups excluding carboxylic acids is 1. The van der Waals surface area contributed by atoms with Crippen LogP contribution in [0.1, 0.15) is 29.6 Å². The Labute approximate surface area is 124 Å². The van der Waals surface area contributed by atoms with Crippen molar-refractivity contribution in [3.63, 3.8) is 0 Å². The van der Waals surface area contributed by atoms with Crippen LogP contribution in [0.5, 0.6) is 5.75 Å². The molecule has 0 saturated carbocycles. The molecule has 1 heterocycles. The largest absolute Gasteiger partial charge is 0.494 e. The molecule has 2 rings (SSSR count). The molecule has 0 aromatic heterocycles. The molecule has 116 valence electrons. The van der Waals surface area contributed by atoms with Crippen molar-refractivity contribution in [3.05, 3.63) is 29.6 Å². The predicted octanol–water partition coefficient (Wildman–Crippen LogP) is 2.52. The molecule has 1 aromatic rings. The second kappa shape index (κ2) is 7.52. The van der Waals surface area contributed by atoms with Gasteiger partial charge in [0.25, 0.3) is 0 Å². The summed E-state index contributed by atoms with van der Waals surface area (Å²) in [5.74, 6) is -0.466. The fourth-order valence-electron chi connectivity index (χ4n) is 2.54. The predicted molar refractivity (Wildman–Crippen MR) is 78.4 cm³/mol. The number of rotatable bonds is 6. The average Bonchev–Trinajstić information content (AvgIpc) is 2.48. The van der Waals surface area contributed by atoms with Gasteiger partial charge in [-0.05, 0) is 44.5 Å². The van der Waals surface area contributed by atoms with Crippen molar-refractivity contribution in [3.8, 4) is 5.75 Å². The number of nitrogens with zero attached hydrogens (tertiary/aromatic N) is 1. The maximum Gasteiger partial charge on any atom is 0.176 e. The van der Waals surface area contributed by atoms with Crippen molar-refractivity contribution in [2.45, 2.75) is 25.4 Å². The van der Waals surface area contributed by atoms with Crippen molar-refractivity contribution in [2.75, 3.05) is 33.9 Å². The number of Topliss-reactive ketones (excluding diaryl/α,β-unsaturated/α-hetero) is 1. The quantitative estimate of drug-likeness (QED) is 0.756. The lowest BCUT2D eigenvalue weighted by Crippen LogP contribution is -2.36. The van der Waals surface area contributed by atoms with E-state index in [9.17, 15) is 9.18 Å². The van der Waals surface area contributed by atoms with Gasteiger partial charge in [-0.25, -0.2) is 4.39 Å². The second-order valence-electron chi connectivity index (χ2n) is 5.46. The number of halogens is 1. The normalized spacial score (nSPS) is 18.8. The van der Waals surface area contributed by atoms with Crippen LogP contribution in [0.2, 0.25) is 0 Å². The Balaban J connectivity index is 1.89. The highest BCUT2D eigenvalue weighted by molar-refractivity contribution is 5.97. The lowest BCUT2D eigenvalue weighted by atomic mass is 10.1. The molecule has 0 spiro atoms. The monoisotopic (exact) mass is 295 g/mol. The van der Waals surface area contributed by atoms with Gasteiger partial charge in [0.1, 0.15) is 0 Å². The van der Waals surface area contributed by atoms with Crippen LogP contribution in [0.15, 0.2) is 18.2 Å². The Bertz CT molecular complexity index is 486. The summed E-state index contributed by atoms with van der Waals surface area (Å²) in [6.07, 6.45) is 3.53. The van der Waals surface area contributed by atoms with E-state index in [2.05, 4.69) is 0 Å². The van der Waals surface area contributed by atoms with Crippen LogP contribution in [0.4, 0.5) is 4.39 Å². The summed E-state index contributed by atoms with van der Waals surface area (Å²) in [6.45, 7) is 1.78. The number of likely N-dealkylation sites (N-methyl/N-ethyl adjacent to an activating group) is 1. The molecule has 1 atom stereocenters. The van der Waals surface area contributed by atoms with E-state index >= 15 is 0 Å². The Morgan fingerprint density at radius 2 is 2.29 bits per heavy atom. The minimum Gasteiger partial charge on any atom is -0.494 e. The summed E-state index contributed by atoms with van der Waals surface area (Å²) in [5.41, 5.74) is 0.365. The lowest BCUT2D eigenvalue weighted by molar-refractivity contribution is -0.000671. The molecule has 1 unspecified atom stereocenters. The maximum absolute atomic E-state index is 13.6. The number of ether oxygens (including phenoxy) is 2. The van der Waals surface area contributed by atoms with Gasteiger partial charge in [-0.1, -0.05) is 0 Å². The zero-order chi connectivity index (χ0) is 15.2. The van der Waals surface area contributed by atoms with Crippen LogP contribution in [-0.4, -0.2) is 50.6 Å². The Morgan fingerprint density at radius 3 is 2.90 bits per heavy atom. The van der Waals surface area contributed by atoms with E-state index in [1.54, 1.807) is 6.07 Å². The zero-order valence-corrected chi connectivity index (χ0v) is 12.6. The first kappa shape index (κ1) is 15.9. The van der Waals surface area contributed by atoms with E-state index in [-0.39, 0.29) is 24.2 Å². The van der Waals surface area contributed by atoms with E-state index in [1.807, 2.05) is 11.9 Å². The van der Waals surface area contributed by atoms with Gasteiger partial charge in [-0.3, -0.25) is 9.69 Å². The first-order chi connectivity index (χ1) is 10.1. The molecule has 0 aliphatic carbocycles. The number of ketones is 1. The highest BCUT2D eigenvalue weighted by Crippen LogP contribution is 2.18. The maximum atomic E-state index is 13.6. The summed E-state index contributed by atoms with van der Waals surface area (Å²) < 4.78 is 24.1. The molecule has 0 bridgehead atoms. The van der Waals surface area contributed by atoms with Crippen LogP contribution in [0.3, 0.4) is 0 Å². The third-order valence-electron chi connectivity index (χ3n) is 3.68. The van der Waals surface area contributed by atoms with Crippen LogP contribution in [0, 0.1) is 5.82 Å². The van der Waals surface area contributed by atoms with E-state index < -0.39 is 5.82 Å². The molecule has 0 radical (unpaired) electrons. The third-order valence-corrected chi connectivity index (χ3v) is 3.68. The van der Waals surface area contributed by atoms with E-state index in [1.165, 1.54) is 25.7 Å². The highest BCUT2D eigenvalue weighted by atomic mass is 19.1. The average molecular weight is 295 g/mol. The number of hydrogen-bond donors (Lipinski definition) is 0. The van der Waals surface area contributed by atoms with Gasteiger partial charge in [0.2, 0.25) is 0 Å². The molecular weight excluding hydrogens is 273 g/mol. The fourth-order valence-corrected chi connectivity index (χ4v) is 2.54. The van der Waals surface area contributed by atoms with Crippen molar-refractivity contribution in [1.29, 1.82) is 0 Å². The van der Waals surface area contributed by atoms with Gasteiger partial charge in [0, 0.05) is 18.7 Å². The second-order valence-corrected chi connectivity index (χ2v) is 5.46. The van der Waals surface area contributed by atoms with Crippen LogP contribution >= 0.6 is 0 Å². The van der Waals surface area contributed by atoms with Gasteiger partial charge in [-0.15, -0.1) is 0 Å². The topological polar surface area (TPSA) is 38.8 Å². The number of benzene rings is 1. The minimum atomic E-state index is -0.512. The van der Waals surface area contributed by atoms with Crippen molar-refractivity contribution >= 4 is 5.78 Å². The van der Waals surface area contributed by atoms with E-state index in [4.69, 9.17) is 9.47 Å². The summed E-state index contributed by atoms with van der Waals surface area (Å²) >= 11 is 0. The molecule has 5 heteroatoms. The van der Waals surface area contributed by atoms with Gasteiger partial charge >= 0.3 is 0 Å². The Kier molecular flexibility index (Phi) is 5.70. The zero-order valence-electron chi connectivity index (χ0n) is 12.6. The number of carbonyl (C=O) groups is 1. The standard InChI is InChI=1S/C16H22FNO3/c1-18(10-13-5-3-4-8-21-13)11-15(19)12-6-7-16(20-2)14(17)9-12/h6-7,9,13H,3-5,8,10-11H2,1-2H3. The smallest absolute Gasteiger partial charge is 0.176 e. The van der Waals surface area contributed by atoms with Crippen LogP contribution in [-0.2, 0) is 4.74 Å². The highest BCUT2D eigenvalue weighted by Gasteiger charge is 2.18. The lowest BCUT2D eigenvalue weighted by Gasteiger charge is -2.27. The molecule has 4 nitrogen and oxygen atoms in total. The molecule has 0 N–H and O–H groups in total. The van der Waals surface area contributed by atoms with Crippen molar-refractivity contribution in [2.24, 2.45) is 0 Å². The first-order valence-electron chi connectivity index (χ1n) is 7.27. The summed E-state index contributed by atoms with van der Waals surface area (Å²) in [7, 11) is 3.29. The molecule has 1 aliphatic heterocycles. The fraction of sp³-hybridized carbons (Fsp3) is 0.562. The first-order valence-corrected chi connectivity index (χ1v) is 7.27. The van der Waals surface area contributed by atoms with Crippen molar-refractivity contribution in [1.82, 2.24) is 4.90 Å². The van der Waals surface area contributed by atoms with Crippen molar-refractivity contribution < 1.29 is 18.7 Å². The molecule has 1 aliphatic rings. The van der Waals surface area contributed by atoms with E-state index in [0.717, 1.165) is 26.0 Å². The summed E-state index contributed by atoms with van der Waals surface area (Å²) in [4.78, 5) is 14.1. The molecule has 1 fully saturated rings.